The predicted octanol–water partition coefficient (Wildman–Crippen LogP) is 6.94. The number of likely N-dealkylation sites (tertiary alicyclic amines) is 1. The van der Waals surface area contributed by atoms with Gasteiger partial charge in [0.15, 0.2) is 0 Å². The molecule has 0 aromatic rings. The lowest BCUT2D eigenvalue weighted by atomic mass is 9.73. The fourth-order valence-electron chi connectivity index (χ4n) is 7.80. The van der Waals surface area contributed by atoms with Crippen LogP contribution >= 0.6 is 0 Å². The first-order valence-electron chi connectivity index (χ1n) is 15.3. The fourth-order valence-corrected chi connectivity index (χ4v) is 7.80. The number of nitrogens with zero attached hydrogens (tertiary/aromatic N) is 2. The Balaban J connectivity index is 1.36. The maximum atomic E-state index is 13.8. The molecule has 1 amide bonds. The van der Waals surface area contributed by atoms with Gasteiger partial charge >= 0.3 is 12.4 Å². The number of halogens is 6. The summed E-state index contributed by atoms with van der Waals surface area (Å²) in [5.41, 5.74) is 0. The molecule has 0 radical (unpaired) electrons. The van der Waals surface area contributed by atoms with Crippen LogP contribution in [0, 0.1) is 23.7 Å². The van der Waals surface area contributed by atoms with Crippen molar-refractivity contribution < 1.29 is 31.1 Å². The number of piperidine rings is 1. The molecule has 1 heterocycles. The van der Waals surface area contributed by atoms with Crippen molar-refractivity contribution in [1.82, 2.24) is 15.1 Å². The standard InChI is InChI=1S/C29H47F6N3O/c1-37(14-11-20-17-22(28(30,31)32)19-23(18-20)29(33,34)35)27(39)26(21-7-3-2-4-8-21)38-15-12-25(13-16-38)36-24-9-5-6-10-24/h20-26,36H,2-19H2,1H3. The number of hydrogen-bond donors (Lipinski definition) is 1. The Morgan fingerprint density at radius 1 is 0.795 bits per heavy atom. The Morgan fingerprint density at radius 2 is 1.31 bits per heavy atom. The van der Waals surface area contributed by atoms with Crippen LogP contribution in [-0.4, -0.2) is 72.9 Å². The second kappa shape index (κ2) is 13.3. The van der Waals surface area contributed by atoms with Crippen LogP contribution in [-0.2, 0) is 4.79 Å². The van der Waals surface area contributed by atoms with E-state index in [9.17, 15) is 31.1 Å². The molecule has 3 atom stereocenters. The number of hydrogen-bond acceptors (Lipinski definition) is 3. The van der Waals surface area contributed by atoms with E-state index in [1.807, 2.05) is 0 Å². The first-order chi connectivity index (χ1) is 18.4. The average molecular weight is 568 g/mol. The van der Waals surface area contributed by atoms with E-state index in [4.69, 9.17) is 0 Å². The summed E-state index contributed by atoms with van der Waals surface area (Å²) < 4.78 is 80.5. The van der Waals surface area contributed by atoms with Crippen molar-refractivity contribution in [2.75, 3.05) is 26.7 Å². The van der Waals surface area contributed by atoms with Crippen molar-refractivity contribution in [2.45, 2.75) is 127 Å². The Kier molecular flexibility index (Phi) is 10.5. The summed E-state index contributed by atoms with van der Waals surface area (Å²) in [6, 6.07) is 0.829. The lowest BCUT2D eigenvalue weighted by Gasteiger charge is -2.43. The van der Waals surface area contributed by atoms with Gasteiger partial charge < -0.3 is 10.2 Å². The van der Waals surface area contributed by atoms with Gasteiger partial charge in [0.2, 0.25) is 5.91 Å². The molecule has 0 aromatic heterocycles. The number of alkyl halides is 6. The van der Waals surface area contributed by atoms with Gasteiger partial charge in [-0.2, -0.15) is 26.3 Å². The molecule has 0 aromatic carbocycles. The predicted molar refractivity (Wildman–Crippen MR) is 139 cm³/mol. The van der Waals surface area contributed by atoms with Crippen LogP contribution in [0.15, 0.2) is 0 Å². The van der Waals surface area contributed by atoms with Crippen LogP contribution in [0.2, 0.25) is 0 Å². The summed E-state index contributed by atoms with van der Waals surface area (Å²) in [5, 5.41) is 3.81. The van der Waals surface area contributed by atoms with Gasteiger partial charge in [0.1, 0.15) is 0 Å². The van der Waals surface area contributed by atoms with Gasteiger partial charge in [0, 0.05) is 38.8 Å². The number of carbonyl (C=O) groups excluding carboxylic acids is 1. The summed E-state index contributed by atoms with van der Waals surface area (Å²) in [6.45, 7) is 1.88. The summed E-state index contributed by atoms with van der Waals surface area (Å²) in [7, 11) is 1.68. The summed E-state index contributed by atoms with van der Waals surface area (Å²) in [4.78, 5) is 17.8. The highest BCUT2D eigenvalue weighted by atomic mass is 19.4. The molecular formula is C29H47F6N3O. The molecule has 4 nitrogen and oxygen atoms in total. The number of rotatable bonds is 8. The van der Waals surface area contributed by atoms with Gasteiger partial charge in [0.25, 0.3) is 0 Å². The Labute approximate surface area is 229 Å². The maximum Gasteiger partial charge on any atom is 0.391 e. The van der Waals surface area contributed by atoms with Gasteiger partial charge in [0.05, 0.1) is 17.9 Å². The minimum atomic E-state index is -4.63. The van der Waals surface area contributed by atoms with Crippen LogP contribution in [0.4, 0.5) is 26.3 Å². The molecule has 226 valence electrons. The summed E-state index contributed by atoms with van der Waals surface area (Å²) in [6.07, 6.45) is 1.85. The highest BCUT2D eigenvalue weighted by Crippen LogP contribution is 2.48. The van der Waals surface area contributed by atoms with Gasteiger partial charge in [-0.1, -0.05) is 32.1 Å². The molecule has 4 aliphatic rings. The van der Waals surface area contributed by atoms with E-state index in [0.717, 1.165) is 51.6 Å². The minimum absolute atomic E-state index is 0.0142. The highest BCUT2D eigenvalue weighted by Gasteiger charge is 2.51. The van der Waals surface area contributed by atoms with Crippen LogP contribution in [0.3, 0.4) is 0 Å². The van der Waals surface area contributed by atoms with Crippen molar-refractivity contribution in [3.8, 4) is 0 Å². The quantitative estimate of drug-likeness (QED) is 0.323. The van der Waals surface area contributed by atoms with Gasteiger partial charge in [-0.25, -0.2) is 0 Å². The number of amides is 1. The molecule has 39 heavy (non-hydrogen) atoms. The van der Waals surface area contributed by atoms with Crippen LogP contribution in [0.1, 0.15) is 96.3 Å². The molecule has 1 N–H and O–H groups in total. The van der Waals surface area contributed by atoms with E-state index in [-0.39, 0.29) is 43.7 Å². The maximum absolute atomic E-state index is 13.8. The molecule has 3 saturated carbocycles. The van der Waals surface area contributed by atoms with E-state index in [2.05, 4.69) is 10.2 Å². The monoisotopic (exact) mass is 567 g/mol. The van der Waals surface area contributed by atoms with Gasteiger partial charge in [-0.05, 0) is 76.0 Å². The molecule has 4 fully saturated rings. The number of nitrogens with one attached hydrogen (secondary N) is 1. The molecule has 10 heteroatoms. The molecule has 0 spiro atoms. The molecule has 4 rings (SSSR count). The zero-order valence-electron chi connectivity index (χ0n) is 23.3. The molecule has 1 aliphatic heterocycles. The number of carbonyl (C=O) groups is 1. The molecular weight excluding hydrogens is 520 g/mol. The van der Waals surface area contributed by atoms with E-state index in [1.54, 1.807) is 11.9 Å². The van der Waals surface area contributed by atoms with E-state index in [0.29, 0.717) is 12.1 Å². The normalized spacial score (nSPS) is 30.0. The third-order valence-electron chi connectivity index (χ3n) is 10.1. The topological polar surface area (TPSA) is 35.6 Å². The Morgan fingerprint density at radius 3 is 1.85 bits per heavy atom. The fraction of sp³-hybridized carbons (Fsp3) is 0.966. The largest absolute Gasteiger partial charge is 0.391 e. The third kappa shape index (κ3) is 8.49. The average Bonchev–Trinajstić information content (AvgIpc) is 3.41. The summed E-state index contributed by atoms with van der Waals surface area (Å²) in [5.74, 6) is -4.32. The zero-order valence-corrected chi connectivity index (χ0v) is 23.3. The molecule has 3 unspecified atom stereocenters. The smallest absolute Gasteiger partial charge is 0.344 e. The lowest BCUT2D eigenvalue weighted by Crippen LogP contribution is -2.56. The summed E-state index contributed by atoms with van der Waals surface area (Å²) >= 11 is 0. The van der Waals surface area contributed by atoms with E-state index in [1.165, 1.54) is 32.1 Å². The first-order valence-corrected chi connectivity index (χ1v) is 15.3. The van der Waals surface area contributed by atoms with Crippen molar-refractivity contribution in [1.29, 1.82) is 0 Å². The second-order valence-corrected chi connectivity index (χ2v) is 12.9. The molecule has 0 bridgehead atoms. The van der Waals surface area contributed by atoms with Crippen molar-refractivity contribution in [3.05, 3.63) is 0 Å². The van der Waals surface area contributed by atoms with Crippen LogP contribution in [0.25, 0.3) is 0 Å². The third-order valence-corrected chi connectivity index (χ3v) is 10.1. The zero-order chi connectivity index (χ0) is 28.2. The Hall–Kier alpha value is -1.03. The SMILES string of the molecule is CN(CCC1CC(C(F)(F)F)CC(C(F)(F)F)C1)C(=O)C(C1CCCCC1)N1CCC(NC2CCCC2)CC1. The Bertz CT molecular complexity index is 748. The second-order valence-electron chi connectivity index (χ2n) is 12.9. The highest BCUT2D eigenvalue weighted by molar-refractivity contribution is 5.82. The lowest BCUT2D eigenvalue weighted by molar-refractivity contribution is -0.229. The van der Waals surface area contributed by atoms with E-state index < -0.39 is 36.5 Å². The molecule has 3 aliphatic carbocycles. The first kappa shape index (κ1) is 30.9. The molecule has 1 saturated heterocycles. The van der Waals surface area contributed by atoms with Crippen LogP contribution < -0.4 is 5.32 Å². The van der Waals surface area contributed by atoms with Crippen LogP contribution in [0.5, 0.6) is 0 Å². The van der Waals surface area contributed by atoms with Gasteiger partial charge in [-0.3, -0.25) is 9.69 Å². The minimum Gasteiger partial charge on any atom is -0.344 e. The number of likely N-dealkylation sites (N-methyl/N-ethyl adjacent to an activating group) is 1. The van der Waals surface area contributed by atoms with Crippen molar-refractivity contribution in [3.63, 3.8) is 0 Å². The van der Waals surface area contributed by atoms with E-state index >= 15 is 0 Å². The van der Waals surface area contributed by atoms with Crippen molar-refractivity contribution >= 4 is 5.91 Å². The van der Waals surface area contributed by atoms with Crippen molar-refractivity contribution in [2.24, 2.45) is 23.7 Å². The van der Waals surface area contributed by atoms with Gasteiger partial charge in [-0.15, -0.1) is 0 Å².